The molecule has 1 N–H and O–H groups in total. The lowest BCUT2D eigenvalue weighted by molar-refractivity contribution is -0.136. The Bertz CT molecular complexity index is 854. The number of thioether (sulfide) groups is 1. The lowest BCUT2D eigenvalue weighted by Gasteiger charge is -2.16. The molecule has 8 nitrogen and oxygen atoms in total. The normalized spacial score (nSPS) is 11.2. The van der Waals surface area contributed by atoms with Crippen molar-refractivity contribution in [3.63, 3.8) is 0 Å². The molecule has 2 aromatic heterocycles. The summed E-state index contributed by atoms with van der Waals surface area (Å²) in [6.07, 6.45) is 1.33. The van der Waals surface area contributed by atoms with Crippen LogP contribution in [0.15, 0.2) is 25.9 Å². The van der Waals surface area contributed by atoms with Crippen LogP contribution in [-0.2, 0) is 15.3 Å². The van der Waals surface area contributed by atoms with Gasteiger partial charge in [-0.15, -0.1) is 10.2 Å². The van der Waals surface area contributed by atoms with E-state index < -0.39 is 11.4 Å². The second-order valence-electron chi connectivity index (χ2n) is 6.63. The summed E-state index contributed by atoms with van der Waals surface area (Å²) in [6.45, 7) is 7.10. The highest BCUT2D eigenvalue weighted by Gasteiger charge is 2.19. The van der Waals surface area contributed by atoms with Crippen LogP contribution in [0.5, 0.6) is 5.75 Å². The van der Waals surface area contributed by atoms with Crippen molar-refractivity contribution in [3.8, 4) is 5.75 Å². The van der Waals surface area contributed by atoms with Gasteiger partial charge < -0.3 is 14.5 Å². The van der Waals surface area contributed by atoms with Gasteiger partial charge in [-0.3, -0.25) is 14.4 Å². The molecule has 1 amide bonds. The Morgan fingerprint density at radius 1 is 1.35 bits per heavy atom. The van der Waals surface area contributed by atoms with Gasteiger partial charge in [0.2, 0.25) is 22.2 Å². The molecule has 0 unspecified atom stereocenters. The SMILES string of the molecule is CC(=O)Nc1nnc(SCc2cc(=O)c(OC(=O)CC(C)(C)C)co2)s1. The van der Waals surface area contributed by atoms with E-state index in [4.69, 9.17) is 9.15 Å². The Balaban J connectivity index is 1.94. The Morgan fingerprint density at radius 3 is 2.69 bits per heavy atom. The fourth-order valence-electron chi connectivity index (χ4n) is 1.78. The number of nitrogens with zero attached hydrogens (tertiary/aromatic N) is 2. The van der Waals surface area contributed by atoms with Crippen molar-refractivity contribution in [1.82, 2.24) is 10.2 Å². The van der Waals surface area contributed by atoms with E-state index in [1.807, 2.05) is 20.8 Å². The predicted octanol–water partition coefficient (Wildman–Crippen LogP) is 3.08. The quantitative estimate of drug-likeness (QED) is 0.450. The molecule has 0 bridgehead atoms. The molecular formula is C16H19N3O5S2. The number of anilines is 1. The van der Waals surface area contributed by atoms with E-state index in [1.165, 1.54) is 36.1 Å². The van der Waals surface area contributed by atoms with E-state index in [0.29, 0.717) is 21.0 Å². The lowest BCUT2D eigenvalue weighted by atomic mass is 9.92. The molecule has 26 heavy (non-hydrogen) atoms. The smallest absolute Gasteiger partial charge is 0.311 e. The molecular weight excluding hydrogens is 378 g/mol. The average Bonchev–Trinajstić information content (AvgIpc) is 2.92. The standard InChI is InChI=1S/C16H19N3O5S2/c1-9(20)17-14-18-19-15(26-14)25-8-10-5-11(21)12(7-23-10)24-13(22)6-16(2,3)4/h5,7H,6,8H2,1-4H3,(H,17,18,20). The number of carbonyl (C=O) groups excluding carboxylic acids is 2. The van der Waals surface area contributed by atoms with Gasteiger partial charge >= 0.3 is 5.97 Å². The van der Waals surface area contributed by atoms with E-state index in [0.717, 1.165) is 6.26 Å². The summed E-state index contributed by atoms with van der Waals surface area (Å²) >= 11 is 2.53. The van der Waals surface area contributed by atoms with E-state index in [2.05, 4.69) is 15.5 Å². The molecule has 10 heteroatoms. The molecule has 0 radical (unpaired) electrons. The molecule has 0 saturated heterocycles. The maximum absolute atomic E-state index is 12.1. The van der Waals surface area contributed by atoms with E-state index in [1.54, 1.807) is 0 Å². The van der Waals surface area contributed by atoms with E-state index in [-0.39, 0.29) is 23.5 Å². The number of ether oxygens (including phenoxy) is 1. The Kier molecular flexibility index (Phi) is 6.54. The van der Waals surface area contributed by atoms with Crippen molar-refractivity contribution < 1.29 is 18.7 Å². The zero-order valence-corrected chi connectivity index (χ0v) is 16.5. The molecule has 0 aliphatic heterocycles. The van der Waals surface area contributed by atoms with E-state index >= 15 is 0 Å². The van der Waals surface area contributed by atoms with Crippen molar-refractivity contribution in [1.29, 1.82) is 0 Å². The second-order valence-corrected chi connectivity index (χ2v) is 8.83. The number of nitrogens with one attached hydrogen (secondary N) is 1. The Morgan fingerprint density at radius 2 is 2.08 bits per heavy atom. The highest BCUT2D eigenvalue weighted by Crippen LogP contribution is 2.28. The molecule has 140 valence electrons. The van der Waals surface area contributed by atoms with Gasteiger partial charge in [0.25, 0.3) is 0 Å². The van der Waals surface area contributed by atoms with Crippen LogP contribution >= 0.6 is 23.1 Å². The molecule has 2 aromatic rings. The molecule has 0 aliphatic rings. The summed E-state index contributed by atoms with van der Waals surface area (Å²) in [4.78, 5) is 34.8. The van der Waals surface area contributed by atoms with Gasteiger partial charge in [0, 0.05) is 13.0 Å². The molecule has 0 aromatic carbocycles. The highest BCUT2D eigenvalue weighted by atomic mass is 32.2. The number of hydrogen-bond donors (Lipinski definition) is 1. The lowest BCUT2D eigenvalue weighted by Crippen LogP contribution is -2.20. The first-order chi connectivity index (χ1) is 12.1. The van der Waals surface area contributed by atoms with Gasteiger partial charge in [-0.1, -0.05) is 43.9 Å². The first-order valence-electron chi connectivity index (χ1n) is 7.69. The zero-order chi connectivity index (χ0) is 19.3. The second kappa shape index (κ2) is 8.45. The van der Waals surface area contributed by atoms with Gasteiger partial charge in [0.1, 0.15) is 12.0 Å². The van der Waals surface area contributed by atoms with Crippen LogP contribution in [0.25, 0.3) is 0 Å². The zero-order valence-electron chi connectivity index (χ0n) is 14.8. The van der Waals surface area contributed by atoms with Crippen molar-refractivity contribution in [3.05, 3.63) is 28.3 Å². The van der Waals surface area contributed by atoms with Crippen molar-refractivity contribution in [2.24, 2.45) is 5.41 Å². The third kappa shape index (κ3) is 6.60. The summed E-state index contributed by atoms with van der Waals surface area (Å²) < 4.78 is 11.0. The van der Waals surface area contributed by atoms with Crippen LogP contribution in [-0.4, -0.2) is 22.1 Å². The molecule has 2 heterocycles. The van der Waals surface area contributed by atoms with Crippen molar-refractivity contribution in [2.75, 3.05) is 5.32 Å². The van der Waals surface area contributed by atoms with Crippen LogP contribution in [0.2, 0.25) is 0 Å². The van der Waals surface area contributed by atoms with Crippen molar-refractivity contribution in [2.45, 2.75) is 44.2 Å². The number of rotatable bonds is 6. The summed E-state index contributed by atoms with van der Waals surface area (Å²) in [7, 11) is 0. The van der Waals surface area contributed by atoms with Crippen LogP contribution in [0.4, 0.5) is 5.13 Å². The molecule has 0 aliphatic carbocycles. The molecule has 0 saturated carbocycles. The molecule has 0 atom stereocenters. The molecule has 0 fully saturated rings. The van der Waals surface area contributed by atoms with Gasteiger partial charge in [-0.05, 0) is 5.41 Å². The fraction of sp³-hybridized carbons (Fsp3) is 0.438. The summed E-state index contributed by atoms with van der Waals surface area (Å²) in [5.74, 6) is -0.0736. The number of amides is 1. The van der Waals surface area contributed by atoms with Crippen LogP contribution in [0.1, 0.15) is 39.9 Å². The Hall–Kier alpha value is -2.20. The minimum Gasteiger partial charge on any atom is -0.464 e. The molecule has 2 rings (SSSR count). The largest absolute Gasteiger partial charge is 0.464 e. The molecule has 0 spiro atoms. The maximum Gasteiger partial charge on any atom is 0.311 e. The monoisotopic (exact) mass is 397 g/mol. The minimum atomic E-state index is -0.480. The third-order valence-electron chi connectivity index (χ3n) is 2.78. The number of aromatic nitrogens is 2. The maximum atomic E-state index is 12.1. The van der Waals surface area contributed by atoms with Crippen LogP contribution < -0.4 is 15.5 Å². The third-order valence-corrected chi connectivity index (χ3v) is 4.77. The first-order valence-corrected chi connectivity index (χ1v) is 9.49. The fourth-order valence-corrected chi connectivity index (χ4v) is 3.47. The summed E-state index contributed by atoms with van der Waals surface area (Å²) in [6, 6.07) is 1.28. The van der Waals surface area contributed by atoms with Gasteiger partial charge in [0.15, 0.2) is 4.34 Å². The summed E-state index contributed by atoms with van der Waals surface area (Å²) in [5, 5.41) is 10.7. The predicted molar refractivity (Wildman–Crippen MR) is 98.5 cm³/mol. The first kappa shape index (κ1) is 20.1. The van der Waals surface area contributed by atoms with Gasteiger partial charge in [-0.2, -0.15) is 0 Å². The van der Waals surface area contributed by atoms with Gasteiger partial charge in [0.05, 0.1) is 12.2 Å². The van der Waals surface area contributed by atoms with E-state index in [9.17, 15) is 14.4 Å². The topological polar surface area (TPSA) is 111 Å². The number of esters is 1. The van der Waals surface area contributed by atoms with Crippen LogP contribution in [0.3, 0.4) is 0 Å². The minimum absolute atomic E-state index is 0.128. The summed E-state index contributed by atoms with van der Waals surface area (Å²) in [5.41, 5.74) is -0.656. The van der Waals surface area contributed by atoms with Crippen molar-refractivity contribution >= 4 is 40.1 Å². The number of hydrogen-bond acceptors (Lipinski definition) is 9. The highest BCUT2D eigenvalue weighted by molar-refractivity contribution is 8.00. The van der Waals surface area contributed by atoms with Crippen LogP contribution in [0, 0.1) is 5.41 Å². The Labute approximate surface area is 158 Å². The van der Waals surface area contributed by atoms with Gasteiger partial charge in [-0.25, -0.2) is 0 Å². The average molecular weight is 397 g/mol. The number of carbonyl (C=O) groups is 2.